The van der Waals surface area contributed by atoms with Gasteiger partial charge in [-0.3, -0.25) is 4.99 Å². The van der Waals surface area contributed by atoms with Crippen LogP contribution in [0.2, 0.25) is 0 Å². The van der Waals surface area contributed by atoms with Crippen LogP contribution in [0.15, 0.2) is 4.99 Å². The van der Waals surface area contributed by atoms with Gasteiger partial charge in [0.05, 0.1) is 12.1 Å². The van der Waals surface area contributed by atoms with Crippen molar-refractivity contribution >= 4 is 29.9 Å². The van der Waals surface area contributed by atoms with Crippen molar-refractivity contribution in [1.29, 1.82) is 0 Å². The van der Waals surface area contributed by atoms with Crippen molar-refractivity contribution in [3.63, 3.8) is 0 Å². The fourth-order valence-electron chi connectivity index (χ4n) is 2.60. The highest BCUT2D eigenvalue weighted by molar-refractivity contribution is 14.0. The Labute approximate surface area is 127 Å². The number of hydrogen-bond donors (Lipinski definition) is 3. The second-order valence-corrected chi connectivity index (χ2v) is 5.66. The van der Waals surface area contributed by atoms with E-state index < -0.39 is 5.60 Å². The number of guanidine groups is 1. The maximum absolute atomic E-state index is 10.3. The summed E-state index contributed by atoms with van der Waals surface area (Å²) in [4.78, 5) is 4.28. The zero-order valence-electron chi connectivity index (χ0n) is 11.0. The summed E-state index contributed by atoms with van der Waals surface area (Å²) >= 11 is 0. The molecule has 0 aliphatic heterocycles. The summed E-state index contributed by atoms with van der Waals surface area (Å²) < 4.78 is 0. The van der Waals surface area contributed by atoms with Crippen LogP contribution >= 0.6 is 24.0 Å². The smallest absolute Gasteiger partial charge is 0.188 e. The second-order valence-electron chi connectivity index (χ2n) is 5.66. The third-order valence-electron chi connectivity index (χ3n) is 4.12. The third-order valence-corrected chi connectivity index (χ3v) is 4.12. The molecule has 4 N–H and O–H groups in total. The van der Waals surface area contributed by atoms with Crippen LogP contribution in [-0.2, 0) is 0 Å². The van der Waals surface area contributed by atoms with E-state index in [0.29, 0.717) is 12.5 Å². The monoisotopic (exact) mass is 367 g/mol. The van der Waals surface area contributed by atoms with Crippen LogP contribution in [0.5, 0.6) is 0 Å². The molecule has 106 valence electrons. The predicted molar refractivity (Wildman–Crippen MR) is 85.3 cm³/mol. The zero-order valence-corrected chi connectivity index (χ0v) is 13.4. The highest BCUT2D eigenvalue weighted by Gasteiger charge is 2.28. The van der Waals surface area contributed by atoms with Gasteiger partial charge in [0.25, 0.3) is 0 Å². The lowest BCUT2D eigenvalue weighted by Crippen LogP contribution is -2.40. The van der Waals surface area contributed by atoms with E-state index in [-0.39, 0.29) is 24.0 Å². The number of nitrogens with zero attached hydrogens (tertiary/aromatic N) is 1. The van der Waals surface area contributed by atoms with Gasteiger partial charge < -0.3 is 16.2 Å². The maximum Gasteiger partial charge on any atom is 0.188 e. The predicted octanol–water partition coefficient (Wildman–Crippen LogP) is 2.00. The van der Waals surface area contributed by atoms with Crippen molar-refractivity contribution in [3.05, 3.63) is 0 Å². The van der Waals surface area contributed by atoms with E-state index in [1.807, 2.05) is 0 Å². The minimum atomic E-state index is -0.596. The van der Waals surface area contributed by atoms with Crippen molar-refractivity contribution in [1.82, 2.24) is 5.32 Å². The number of aliphatic imine (C=N–C) groups is 1. The molecule has 0 bridgehead atoms. The molecule has 2 aliphatic carbocycles. The summed E-state index contributed by atoms with van der Waals surface area (Å²) in [5.74, 6) is 1.28. The summed E-state index contributed by atoms with van der Waals surface area (Å²) in [5.41, 5.74) is 5.21. The molecule has 2 rings (SSSR count). The van der Waals surface area contributed by atoms with Crippen LogP contribution in [0.25, 0.3) is 0 Å². The first-order valence-electron chi connectivity index (χ1n) is 6.94. The highest BCUT2D eigenvalue weighted by atomic mass is 127. The number of rotatable bonds is 4. The van der Waals surface area contributed by atoms with Gasteiger partial charge in [-0.1, -0.05) is 25.7 Å². The molecule has 0 aromatic carbocycles. The summed E-state index contributed by atoms with van der Waals surface area (Å²) in [5, 5.41) is 13.4. The van der Waals surface area contributed by atoms with Crippen molar-refractivity contribution in [3.8, 4) is 0 Å². The van der Waals surface area contributed by atoms with Crippen LogP contribution in [0.3, 0.4) is 0 Å². The van der Waals surface area contributed by atoms with Gasteiger partial charge >= 0.3 is 0 Å². The lowest BCUT2D eigenvalue weighted by molar-refractivity contribution is 0.0132. The van der Waals surface area contributed by atoms with Gasteiger partial charge in [0.1, 0.15) is 0 Å². The number of halogens is 1. The molecular formula is C13H26IN3O. The van der Waals surface area contributed by atoms with Gasteiger partial charge in [-0.25, -0.2) is 0 Å². The second kappa shape index (κ2) is 7.53. The number of nitrogens with two attached hydrogens (primary N) is 1. The SMILES string of the molecule is I.NC(=NCC1(O)CCCCC1)NCC1CCC1. The fraction of sp³-hybridized carbons (Fsp3) is 0.923. The Kier molecular flexibility index (Phi) is 6.70. The zero-order chi connectivity index (χ0) is 12.1. The van der Waals surface area contributed by atoms with Gasteiger partial charge in [0.2, 0.25) is 0 Å². The third kappa shape index (κ3) is 4.91. The quantitative estimate of drug-likeness (QED) is 0.404. The van der Waals surface area contributed by atoms with Crippen molar-refractivity contribution < 1.29 is 5.11 Å². The first-order valence-corrected chi connectivity index (χ1v) is 6.94. The first kappa shape index (κ1) is 16.0. The molecule has 2 aliphatic rings. The van der Waals surface area contributed by atoms with Crippen LogP contribution in [0, 0.1) is 5.92 Å². The summed E-state index contributed by atoms with van der Waals surface area (Å²) in [6.07, 6.45) is 9.17. The molecule has 0 spiro atoms. The molecule has 18 heavy (non-hydrogen) atoms. The Morgan fingerprint density at radius 3 is 2.44 bits per heavy atom. The van der Waals surface area contributed by atoms with Gasteiger partial charge in [0.15, 0.2) is 5.96 Å². The molecule has 0 saturated heterocycles. The minimum absolute atomic E-state index is 0. The lowest BCUT2D eigenvalue weighted by atomic mass is 9.85. The lowest BCUT2D eigenvalue weighted by Gasteiger charge is -2.30. The molecule has 0 unspecified atom stereocenters. The fourth-order valence-corrected chi connectivity index (χ4v) is 2.60. The van der Waals surface area contributed by atoms with Gasteiger partial charge in [-0.05, 0) is 31.6 Å². The van der Waals surface area contributed by atoms with Crippen LogP contribution in [0.4, 0.5) is 0 Å². The van der Waals surface area contributed by atoms with Crippen LogP contribution in [-0.4, -0.2) is 29.8 Å². The average molecular weight is 367 g/mol. The Balaban J connectivity index is 0.00000162. The Hall–Kier alpha value is -0.0400. The largest absolute Gasteiger partial charge is 0.388 e. The topological polar surface area (TPSA) is 70.6 Å². The summed E-state index contributed by atoms with van der Waals surface area (Å²) in [6.45, 7) is 1.39. The molecule has 0 heterocycles. The number of hydrogen-bond acceptors (Lipinski definition) is 2. The Morgan fingerprint density at radius 2 is 1.89 bits per heavy atom. The normalized spacial score (nSPS) is 23.9. The van der Waals surface area contributed by atoms with Crippen molar-refractivity contribution in [2.75, 3.05) is 13.1 Å². The molecule has 0 aromatic heterocycles. The van der Waals surface area contributed by atoms with Gasteiger partial charge in [-0.2, -0.15) is 0 Å². The highest BCUT2D eigenvalue weighted by Crippen LogP contribution is 2.28. The molecule has 5 heteroatoms. The molecule has 2 fully saturated rings. The average Bonchev–Trinajstić information content (AvgIpc) is 2.26. The van der Waals surface area contributed by atoms with E-state index in [1.165, 1.54) is 25.7 Å². The van der Waals surface area contributed by atoms with E-state index in [0.717, 1.165) is 38.1 Å². The number of aliphatic hydroxyl groups is 1. The van der Waals surface area contributed by atoms with E-state index in [9.17, 15) is 5.11 Å². The molecule has 0 aromatic rings. The Morgan fingerprint density at radius 1 is 1.22 bits per heavy atom. The maximum atomic E-state index is 10.3. The van der Waals surface area contributed by atoms with E-state index in [2.05, 4.69) is 10.3 Å². The molecular weight excluding hydrogens is 341 g/mol. The Bertz CT molecular complexity index is 273. The summed E-state index contributed by atoms with van der Waals surface area (Å²) in [7, 11) is 0. The molecule has 4 nitrogen and oxygen atoms in total. The van der Waals surface area contributed by atoms with Crippen LogP contribution in [0.1, 0.15) is 51.4 Å². The van der Waals surface area contributed by atoms with Gasteiger partial charge in [-0.15, -0.1) is 24.0 Å². The van der Waals surface area contributed by atoms with E-state index in [1.54, 1.807) is 0 Å². The first-order chi connectivity index (χ1) is 8.18. The van der Waals surface area contributed by atoms with E-state index in [4.69, 9.17) is 5.73 Å². The molecule has 2 saturated carbocycles. The summed E-state index contributed by atoms with van der Waals surface area (Å²) in [6, 6.07) is 0. The standard InChI is InChI=1S/C13H25N3O.HI/c14-12(15-9-11-5-4-6-11)16-10-13(17)7-2-1-3-8-13;/h11,17H,1-10H2,(H3,14,15,16);1H. The van der Waals surface area contributed by atoms with Gasteiger partial charge in [0, 0.05) is 6.54 Å². The minimum Gasteiger partial charge on any atom is -0.388 e. The molecule has 0 atom stereocenters. The van der Waals surface area contributed by atoms with Crippen LogP contribution < -0.4 is 11.1 Å². The van der Waals surface area contributed by atoms with Crippen molar-refractivity contribution in [2.45, 2.75) is 57.0 Å². The number of nitrogens with one attached hydrogen (secondary N) is 1. The molecule has 0 amide bonds. The van der Waals surface area contributed by atoms with E-state index >= 15 is 0 Å². The van der Waals surface area contributed by atoms with Crippen molar-refractivity contribution in [2.24, 2.45) is 16.6 Å². The molecule has 0 radical (unpaired) electrons.